The Morgan fingerprint density at radius 2 is 2.00 bits per heavy atom. The van der Waals surface area contributed by atoms with Gasteiger partial charge in [0.25, 0.3) is 0 Å². The third-order valence-electron chi connectivity index (χ3n) is 4.38. The van der Waals surface area contributed by atoms with Crippen LogP contribution in [0.5, 0.6) is 11.5 Å². The van der Waals surface area contributed by atoms with Crippen LogP contribution in [0.2, 0.25) is 0 Å². The molecule has 2 atom stereocenters. The molecule has 0 spiro atoms. The van der Waals surface area contributed by atoms with Crippen molar-refractivity contribution in [3.63, 3.8) is 0 Å². The summed E-state index contributed by atoms with van der Waals surface area (Å²) in [6.07, 6.45) is 1.35. The quantitative estimate of drug-likeness (QED) is 0.376. The molecule has 1 saturated heterocycles. The van der Waals surface area contributed by atoms with Crippen molar-refractivity contribution < 1.29 is 28.1 Å². The number of rotatable bonds is 8. The van der Waals surface area contributed by atoms with Crippen LogP contribution < -0.4 is 9.47 Å². The molecule has 1 heterocycles. The van der Waals surface area contributed by atoms with Gasteiger partial charge in [-0.15, -0.1) is 0 Å². The van der Waals surface area contributed by atoms with Gasteiger partial charge in [0.1, 0.15) is 5.75 Å². The summed E-state index contributed by atoms with van der Waals surface area (Å²) in [6, 6.07) is 12.6. The van der Waals surface area contributed by atoms with E-state index in [1.54, 1.807) is 24.3 Å². The SMILES string of the molecule is CC(C)C(OCC1CCCO1)Oc1cc(C(=O)Oc2ccccc2)ccc1F. The van der Waals surface area contributed by atoms with E-state index in [-0.39, 0.29) is 23.3 Å². The standard InChI is InChI=1S/C22H25FO5/c1-15(2)22(26-14-18-9-6-12-25-18)28-20-13-16(10-11-19(20)23)21(24)27-17-7-4-3-5-8-17/h3-5,7-8,10-11,13,15,18,22H,6,9,12,14H2,1-2H3. The Morgan fingerprint density at radius 1 is 1.21 bits per heavy atom. The number of benzene rings is 2. The van der Waals surface area contributed by atoms with Crippen LogP contribution in [0.3, 0.4) is 0 Å². The van der Waals surface area contributed by atoms with Gasteiger partial charge in [-0.2, -0.15) is 0 Å². The molecule has 2 aromatic carbocycles. The van der Waals surface area contributed by atoms with Crippen LogP contribution >= 0.6 is 0 Å². The van der Waals surface area contributed by atoms with Crippen molar-refractivity contribution in [2.45, 2.75) is 39.1 Å². The largest absolute Gasteiger partial charge is 0.462 e. The van der Waals surface area contributed by atoms with Crippen molar-refractivity contribution in [1.29, 1.82) is 0 Å². The second-order valence-corrected chi connectivity index (χ2v) is 7.05. The van der Waals surface area contributed by atoms with Crippen LogP contribution in [0.4, 0.5) is 4.39 Å². The molecule has 0 radical (unpaired) electrons. The molecule has 5 nitrogen and oxygen atoms in total. The molecule has 0 bridgehead atoms. The van der Waals surface area contributed by atoms with Gasteiger partial charge in [0, 0.05) is 12.5 Å². The predicted octanol–water partition coefficient (Wildman–Crippen LogP) is 4.60. The van der Waals surface area contributed by atoms with Gasteiger partial charge in [0.05, 0.1) is 18.3 Å². The normalized spacial score (nSPS) is 17.5. The minimum absolute atomic E-state index is 0.0132. The van der Waals surface area contributed by atoms with Crippen molar-refractivity contribution in [3.8, 4) is 11.5 Å². The number of para-hydroxylation sites is 1. The number of hydrogen-bond donors (Lipinski definition) is 0. The first kappa shape index (κ1) is 20.3. The molecule has 1 fully saturated rings. The lowest BCUT2D eigenvalue weighted by molar-refractivity contribution is -0.131. The third-order valence-corrected chi connectivity index (χ3v) is 4.38. The number of halogens is 1. The highest BCUT2D eigenvalue weighted by Gasteiger charge is 2.23. The van der Waals surface area contributed by atoms with Crippen LogP contribution in [-0.2, 0) is 9.47 Å². The Balaban J connectivity index is 1.67. The Morgan fingerprint density at radius 3 is 2.68 bits per heavy atom. The van der Waals surface area contributed by atoms with E-state index in [9.17, 15) is 9.18 Å². The van der Waals surface area contributed by atoms with E-state index < -0.39 is 18.1 Å². The van der Waals surface area contributed by atoms with Gasteiger partial charge in [-0.05, 0) is 43.2 Å². The number of carbonyl (C=O) groups excluding carboxylic acids is 1. The third kappa shape index (κ3) is 5.53. The molecule has 3 rings (SSSR count). The molecule has 0 aromatic heterocycles. The fourth-order valence-corrected chi connectivity index (χ4v) is 2.84. The van der Waals surface area contributed by atoms with Gasteiger partial charge in [0.2, 0.25) is 6.29 Å². The van der Waals surface area contributed by atoms with Crippen LogP contribution in [-0.4, -0.2) is 31.6 Å². The summed E-state index contributed by atoms with van der Waals surface area (Å²) in [5.41, 5.74) is 0.196. The average Bonchev–Trinajstić information content (AvgIpc) is 3.20. The van der Waals surface area contributed by atoms with Gasteiger partial charge in [0.15, 0.2) is 11.6 Å². The summed E-state index contributed by atoms with van der Waals surface area (Å²) >= 11 is 0. The van der Waals surface area contributed by atoms with E-state index in [1.165, 1.54) is 18.2 Å². The molecule has 28 heavy (non-hydrogen) atoms. The Bertz CT molecular complexity index is 772. The second-order valence-electron chi connectivity index (χ2n) is 7.05. The highest BCUT2D eigenvalue weighted by atomic mass is 19.1. The fraction of sp³-hybridized carbons (Fsp3) is 0.409. The van der Waals surface area contributed by atoms with Crippen LogP contribution in [0.25, 0.3) is 0 Å². The van der Waals surface area contributed by atoms with Crippen LogP contribution in [0.15, 0.2) is 48.5 Å². The lowest BCUT2D eigenvalue weighted by Crippen LogP contribution is -2.30. The number of ether oxygens (including phenoxy) is 4. The van der Waals surface area contributed by atoms with E-state index in [0.29, 0.717) is 12.4 Å². The van der Waals surface area contributed by atoms with Gasteiger partial charge in [-0.25, -0.2) is 9.18 Å². The molecule has 0 saturated carbocycles. The van der Waals surface area contributed by atoms with Gasteiger partial charge in [-0.3, -0.25) is 0 Å². The first-order valence-corrected chi connectivity index (χ1v) is 9.49. The minimum Gasteiger partial charge on any atom is -0.462 e. The maximum atomic E-state index is 14.3. The zero-order valence-corrected chi connectivity index (χ0v) is 16.1. The Hall–Kier alpha value is -2.44. The molecule has 0 N–H and O–H groups in total. The smallest absolute Gasteiger partial charge is 0.343 e. The lowest BCUT2D eigenvalue weighted by Gasteiger charge is -2.24. The van der Waals surface area contributed by atoms with E-state index in [1.807, 2.05) is 19.9 Å². The summed E-state index contributed by atoms with van der Waals surface area (Å²) in [6.45, 7) is 4.97. The van der Waals surface area contributed by atoms with E-state index >= 15 is 0 Å². The fourth-order valence-electron chi connectivity index (χ4n) is 2.84. The van der Waals surface area contributed by atoms with Gasteiger partial charge < -0.3 is 18.9 Å². The molecule has 2 aromatic rings. The molecule has 0 amide bonds. The lowest BCUT2D eigenvalue weighted by atomic mass is 10.2. The summed E-state index contributed by atoms with van der Waals surface area (Å²) in [5.74, 6) is -0.798. The Labute approximate surface area is 164 Å². The predicted molar refractivity (Wildman–Crippen MR) is 102 cm³/mol. The maximum Gasteiger partial charge on any atom is 0.343 e. The van der Waals surface area contributed by atoms with Crippen molar-refractivity contribution in [2.24, 2.45) is 5.92 Å². The zero-order valence-electron chi connectivity index (χ0n) is 16.1. The summed E-state index contributed by atoms with van der Waals surface area (Å²) in [7, 11) is 0. The summed E-state index contributed by atoms with van der Waals surface area (Å²) in [5, 5.41) is 0. The maximum absolute atomic E-state index is 14.3. The van der Waals surface area contributed by atoms with E-state index in [2.05, 4.69) is 0 Å². The monoisotopic (exact) mass is 388 g/mol. The first-order chi connectivity index (χ1) is 13.5. The average molecular weight is 388 g/mol. The summed E-state index contributed by atoms with van der Waals surface area (Å²) < 4.78 is 36.7. The van der Waals surface area contributed by atoms with E-state index in [0.717, 1.165) is 19.4 Å². The number of carbonyl (C=O) groups is 1. The number of esters is 1. The topological polar surface area (TPSA) is 54.0 Å². The summed E-state index contributed by atoms with van der Waals surface area (Å²) in [4.78, 5) is 12.3. The van der Waals surface area contributed by atoms with Crippen molar-refractivity contribution >= 4 is 5.97 Å². The second kappa shape index (κ2) is 9.66. The minimum atomic E-state index is -0.654. The van der Waals surface area contributed by atoms with Crippen molar-refractivity contribution in [1.82, 2.24) is 0 Å². The zero-order chi connectivity index (χ0) is 19.9. The van der Waals surface area contributed by atoms with Crippen molar-refractivity contribution in [3.05, 3.63) is 59.9 Å². The first-order valence-electron chi connectivity index (χ1n) is 9.49. The molecule has 0 aliphatic carbocycles. The van der Waals surface area contributed by atoms with Crippen LogP contribution in [0, 0.1) is 11.7 Å². The van der Waals surface area contributed by atoms with Gasteiger partial charge >= 0.3 is 5.97 Å². The number of hydrogen-bond acceptors (Lipinski definition) is 5. The molecular weight excluding hydrogens is 363 g/mol. The molecular formula is C22H25FO5. The molecule has 1 aliphatic rings. The van der Waals surface area contributed by atoms with Gasteiger partial charge in [-0.1, -0.05) is 32.0 Å². The van der Waals surface area contributed by atoms with Crippen LogP contribution in [0.1, 0.15) is 37.0 Å². The Kier molecular flexibility index (Phi) is 7.01. The highest BCUT2D eigenvalue weighted by molar-refractivity contribution is 5.91. The molecule has 6 heteroatoms. The molecule has 1 aliphatic heterocycles. The van der Waals surface area contributed by atoms with E-state index in [4.69, 9.17) is 18.9 Å². The highest BCUT2D eigenvalue weighted by Crippen LogP contribution is 2.24. The molecule has 150 valence electrons. The van der Waals surface area contributed by atoms with Crippen molar-refractivity contribution in [2.75, 3.05) is 13.2 Å². The molecule has 2 unspecified atom stereocenters.